The van der Waals surface area contributed by atoms with Crippen molar-refractivity contribution >= 4 is 11.6 Å². The maximum Gasteiger partial charge on any atom is 0.215 e. The van der Waals surface area contributed by atoms with Crippen molar-refractivity contribution < 1.29 is 19.8 Å². The van der Waals surface area contributed by atoms with Crippen LogP contribution in [0.4, 0.5) is 0 Å². The van der Waals surface area contributed by atoms with Gasteiger partial charge in [0.25, 0.3) is 0 Å². The Balaban J connectivity index is 3.00. The molecule has 0 bridgehead atoms. The minimum absolute atomic E-state index is 0.349. The summed E-state index contributed by atoms with van der Waals surface area (Å²) in [4.78, 5) is 22.3. The average molecular weight is 184 g/mol. The summed E-state index contributed by atoms with van der Waals surface area (Å²) in [6, 6.07) is 0. The lowest BCUT2D eigenvalue weighted by atomic mass is 9.85. The van der Waals surface area contributed by atoms with Crippen LogP contribution in [0.15, 0.2) is 12.2 Å². The minimum atomic E-state index is -2.24. The Kier molecular flexibility index (Phi) is 2.36. The Morgan fingerprint density at radius 3 is 1.92 bits per heavy atom. The van der Waals surface area contributed by atoms with E-state index < -0.39 is 23.3 Å². The van der Waals surface area contributed by atoms with Gasteiger partial charge < -0.3 is 10.2 Å². The maximum absolute atomic E-state index is 11.1. The third-order valence-corrected chi connectivity index (χ3v) is 2.20. The van der Waals surface area contributed by atoms with Crippen molar-refractivity contribution in [1.29, 1.82) is 0 Å². The monoisotopic (exact) mass is 184 g/mol. The van der Waals surface area contributed by atoms with Crippen molar-refractivity contribution in [3.63, 3.8) is 0 Å². The van der Waals surface area contributed by atoms with Crippen LogP contribution in [0.2, 0.25) is 0 Å². The van der Waals surface area contributed by atoms with Crippen molar-refractivity contribution in [1.82, 2.24) is 0 Å². The van der Waals surface area contributed by atoms with E-state index >= 15 is 0 Å². The van der Waals surface area contributed by atoms with Gasteiger partial charge in [0.05, 0.1) is 0 Å². The molecule has 13 heavy (non-hydrogen) atoms. The van der Waals surface area contributed by atoms with Crippen LogP contribution in [0.25, 0.3) is 0 Å². The molecule has 1 aliphatic rings. The highest BCUT2D eigenvalue weighted by atomic mass is 16.4. The first-order chi connectivity index (χ1) is 5.90. The molecule has 1 atom stereocenters. The highest BCUT2D eigenvalue weighted by molar-refractivity contribution is 6.25. The number of carbonyl (C=O) groups excluding carboxylic acids is 2. The van der Waals surface area contributed by atoms with E-state index in [2.05, 4.69) is 0 Å². The Morgan fingerprint density at radius 2 is 1.62 bits per heavy atom. The van der Waals surface area contributed by atoms with Crippen molar-refractivity contribution in [3.05, 3.63) is 12.2 Å². The number of aliphatic hydroxyl groups is 2. The van der Waals surface area contributed by atoms with Gasteiger partial charge in [-0.25, -0.2) is 0 Å². The molecule has 1 rings (SSSR count). The van der Waals surface area contributed by atoms with Gasteiger partial charge in [0.15, 0.2) is 11.6 Å². The maximum atomic E-state index is 11.1. The molecule has 0 radical (unpaired) electrons. The number of hydrogen-bond acceptors (Lipinski definition) is 4. The molecule has 0 heterocycles. The van der Waals surface area contributed by atoms with E-state index in [0.29, 0.717) is 0 Å². The van der Waals surface area contributed by atoms with Crippen molar-refractivity contribution in [2.45, 2.75) is 25.6 Å². The Morgan fingerprint density at radius 1 is 1.23 bits per heavy atom. The molecule has 0 amide bonds. The third kappa shape index (κ3) is 1.32. The standard InChI is InChI=1S/C9H12O4/c1-5(2)8(12)9(13)6(10)3-4-7(9)11/h3-5,8,12-13H,1-2H3. The van der Waals surface area contributed by atoms with E-state index in [1.54, 1.807) is 13.8 Å². The molecule has 1 unspecified atom stereocenters. The molecular formula is C9H12O4. The predicted molar refractivity (Wildman–Crippen MR) is 44.9 cm³/mol. The third-order valence-electron chi connectivity index (χ3n) is 2.20. The van der Waals surface area contributed by atoms with Crippen LogP contribution in [0, 0.1) is 5.92 Å². The molecule has 4 heteroatoms. The fraction of sp³-hybridized carbons (Fsp3) is 0.556. The number of carbonyl (C=O) groups is 2. The van der Waals surface area contributed by atoms with E-state index in [-0.39, 0.29) is 5.92 Å². The molecule has 0 saturated heterocycles. The molecule has 4 nitrogen and oxygen atoms in total. The first-order valence-electron chi connectivity index (χ1n) is 4.08. The van der Waals surface area contributed by atoms with Crippen LogP contribution in [-0.4, -0.2) is 33.5 Å². The highest BCUT2D eigenvalue weighted by Gasteiger charge is 2.51. The number of aliphatic hydroxyl groups excluding tert-OH is 1. The number of hydrogen-bond donors (Lipinski definition) is 2. The topological polar surface area (TPSA) is 74.6 Å². The minimum Gasteiger partial charge on any atom is -0.389 e. The fourth-order valence-corrected chi connectivity index (χ4v) is 1.30. The van der Waals surface area contributed by atoms with Gasteiger partial charge in [-0.3, -0.25) is 9.59 Å². The zero-order chi connectivity index (χ0) is 10.2. The predicted octanol–water partition coefficient (Wildman–Crippen LogP) is -0.558. The summed E-state index contributed by atoms with van der Waals surface area (Å²) in [6.45, 7) is 3.25. The second kappa shape index (κ2) is 3.05. The second-order valence-electron chi connectivity index (χ2n) is 3.52. The average Bonchev–Trinajstić information content (AvgIpc) is 2.32. The molecule has 0 aromatic carbocycles. The molecule has 0 aromatic heterocycles. The Hall–Kier alpha value is -1.00. The lowest BCUT2D eigenvalue weighted by Gasteiger charge is -2.27. The van der Waals surface area contributed by atoms with Gasteiger partial charge >= 0.3 is 0 Å². The molecule has 0 aromatic rings. The highest BCUT2D eigenvalue weighted by Crippen LogP contribution is 2.25. The van der Waals surface area contributed by atoms with E-state index in [1.165, 1.54) is 0 Å². The van der Waals surface area contributed by atoms with Crippen LogP contribution in [0.3, 0.4) is 0 Å². The van der Waals surface area contributed by atoms with E-state index in [4.69, 9.17) is 0 Å². The van der Waals surface area contributed by atoms with Crippen LogP contribution in [0.5, 0.6) is 0 Å². The summed E-state index contributed by atoms with van der Waals surface area (Å²) in [7, 11) is 0. The fourth-order valence-electron chi connectivity index (χ4n) is 1.30. The molecule has 72 valence electrons. The quantitative estimate of drug-likeness (QED) is 0.564. The number of ketones is 2. The SMILES string of the molecule is CC(C)C(O)C1(O)C(=O)C=CC1=O. The zero-order valence-electron chi connectivity index (χ0n) is 7.52. The smallest absolute Gasteiger partial charge is 0.215 e. The molecule has 0 aliphatic heterocycles. The first-order valence-corrected chi connectivity index (χ1v) is 4.08. The van der Waals surface area contributed by atoms with Crippen LogP contribution < -0.4 is 0 Å². The van der Waals surface area contributed by atoms with Gasteiger partial charge in [0, 0.05) is 0 Å². The summed E-state index contributed by atoms with van der Waals surface area (Å²) >= 11 is 0. The van der Waals surface area contributed by atoms with Crippen molar-refractivity contribution in [2.24, 2.45) is 5.92 Å². The largest absolute Gasteiger partial charge is 0.389 e. The normalized spacial score (nSPS) is 22.8. The molecule has 2 N–H and O–H groups in total. The number of rotatable bonds is 2. The van der Waals surface area contributed by atoms with Gasteiger partial charge in [0.1, 0.15) is 6.10 Å². The van der Waals surface area contributed by atoms with Crippen LogP contribution in [-0.2, 0) is 9.59 Å². The molecular weight excluding hydrogens is 172 g/mol. The second-order valence-corrected chi connectivity index (χ2v) is 3.52. The van der Waals surface area contributed by atoms with Gasteiger partial charge in [0.2, 0.25) is 5.60 Å². The molecule has 0 spiro atoms. The van der Waals surface area contributed by atoms with Crippen molar-refractivity contribution in [2.75, 3.05) is 0 Å². The van der Waals surface area contributed by atoms with Gasteiger partial charge in [-0.2, -0.15) is 0 Å². The summed E-state index contributed by atoms with van der Waals surface area (Å²) in [5.41, 5.74) is -2.24. The molecule has 0 saturated carbocycles. The molecule has 1 aliphatic carbocycles. The first kappa shape index (κ1) is 10.1. The van der Waals surface area contributed by atoms with Crippen LogP contribution >= 0.6 is 0 Å². The Bertz CT molecular complexity index is 259. The van der Waals surface area contributed by atoms with Gasteiger partial charge in [-0.05, 0) is 18.1 Å². The summed E-state index contributed by atoms with van der Waals surface area (Å²) < 4.78 is 0. The van der Waals surface area contributed by atoms with E-state index in [1.807, 2.05) is 0 Å². The Labute approximate surface area is 75.9 Å². The van der Waals surface area contributed by atoms with E-state index in [0.717, 1.165) is 12.2 Å². The van der Waals surface area contributed by atoms with Crippen molar-refractivity contribution in [3.8, 4) is 0 Å². The summed E-state index contributed by atoms with van der Waals surface area (Å²) in [6.07, 6.45) is 0.643. The van der Waals surface area contributed by atoms with Gasteiger partial charge in [-0.15, -0.1) is 0 Å². The zero-order valence-corrected chi connectivity index (χ0v) is 7.52. The van der Waals surface area contributed by atoms with Crippen LogP contribution in [0.1, 0.15) is 13.8 Å². The molecule has 0 fully saturated rings. The van der Waals surface area contributed by atoms with Gasteiger partial charge in [-0.1, -0.05) is 13.8 Å². The summed E-state index contributed by atoms with van der Waals surface area (Å²) in [5.74, 6) is -1.82. The summed E-state index contributed by atoms with van der Waals surface area (Å²) in [5, 5.41) is 19.2. The lowest BCUT2D eigenvalue weighted by Crippen LogP contribution is -2.54. The lowest BCUT2D eigenvalue weighted by molar-refractivity contribution is -0.158. The van der Waals surface area contributed by atoms with E-state index in [9.17, 15) is 19.8 Å².